The van der Waals surface area contributed by atoms with Crippen LogP contribution in [-0.2, 0) is 0 Å². The number of para-hydroxylation sites is 1. The van der Waals surface area contributed by atoms with Crippen LogP contribution in [0.3, 0.4) is 0 Å². The van der Waals surface area contributed by atoms with Gasteiger partial charge in [0.25, 0.3) is 0 Å². The van der Waals surface area contributed by atoms with Gasteiger partial charge >= 0.3 is 0 Å². The number of carbonyl (C=O) groups excluding carboxylic acids is 2. The smallest absolute Gasteiger partial charge is 0.235 e. The summed E-state index contributed by atoms with van der Waals surface area (Å²) in [6.45, 7) is 0. The van der Waals surface area contributed by atoms with E-state index in [9.17, 15) is 9.59 Å². The van der Waals surface area contributed by atoms with Crippen molar-refractivity contribution < 1.29 is 9.59 Å². The van der Waals surface area contributed by atoms with E-state index in [1.165, 1.54) is 0 Å². The summed E-state index contributed by atoms with van der Waals surface area (Å²) < 4.78 is 0. The molecule has 0 heterocycles. The van der Waals surface area contributed by atoms with E-state index in [0.717, 1.165) is 0 Å². The number of hydrogen-bond acceptors (Lipinski definition) is 4. The fourth-order valence-electron chi connectivity index (χ4n) is 1.66. The fraction of sp³-hybridized carbons (Fsp3) is 0. The Bertz CT molecular complexity index is 674. The average molecular weight is 267 g/mol. The topological polar surface area (TPSA) is 46.5 Å². The maximum atomic E-state index is 12.2. The Morgan fingerprint density at radius 2 is 1.53 bits per heavy atom. The van der Waals surface area contributed by atoms with E-state index in [0.29, 0.717) is 11.3 Å². The predicted molar refractivity (Wildman–Crippen MR) is 76.2 cm³/mol. The first-order valence-electron chi connectivity index (χ1n) is 5.55. The third kappa shape index (κ3) is 2.88. The third-order valence-electron chi connectivity index (χ3n) is 2.56. The lowest BCUT2D eigenvalue weighted by Gasteiger charge is -2.03. The van der Waals surface area contributed by atoms with E-state index in [2.05, 4.69) is 22.4 Å². The van der Waals surface area contributed by atoms with Gasteiger partial charge in [-0.05, 0) is 24.4 Å². The Hall–Kier alpha value is -2.42. The molecule has 0 radical (unpaired) electrons. The normalized spacial score (nSPS) is 9.47. The molecule has 0 aliphatic rings. The summed E-state index contributed by atoms with van der Waals surface area (Å²) in [5.74, 6) is -1.16. The van der Waals surface area contributed by atoms with Crippen LogP contribution < -0.4 is 0 Å². The molecule has 3 nitrogen and oxygen atoms in total. The number of benzene rings is 2. The van der Waals surface area contributed by atoms with Crippen molar-refractivity contribution in [1.29, 1.82) is 0 Å². The molecule has 2 aromatic carbocycles. The van der Waals surface area contributed by atoms with Gasteiger partial charge in [0.1, 0.15) is 0 Å². The molecule has 92 valence electrons. The van der Waals surface area contributed by atoms with Crippen molar-refractivity contribution in [3.05, 3.63) is 65.7 Å². The van der Waals surface area contributed by atoms with Crippen LogP contribution in [0.4, 0.5) is 5.69 Å². The minimum absolute atomic E-state index is 0.230. The van der Waals surface area contributed by atoms with Gasteiger partial charge in [0.05, 0.1) is 16.4 Å². The van der Waals surface area contributed by atoms with Gasteiger partial charge in [-0.3, -0.25) is 9.59 Å². The predicted octanol–water partition coefficient (Wildman–Crippen LogP) is 3.49. The molecule has 0 unspecified atom stereocenters. The van der Waals surface area contributed by atoms with Gasteiger partial charge in [-0.15, -0.1) is 0 Å². The fourth-order valence-corrected chi connectivity index (χ4v) is 1.75. The second-order valence-corrected chi connectivity index (χ2v) is 3.93. The van der Waals surface area contributed by atoms with Crippen LogP contribution in [-0.4, -0.2) is 16.7 Å². The van der Waals surface area contributed by atoms with E-state index in [-0.39, 0.29) is 5.56 Å². The Morgan fingerprint density at radius 3 is 2.21 bits per heavy atom. The first-order valence-corrected chi connectivity index (χ1v) is 5.96. The summed E-state index contributed by atoms with van der Waals surface area (Å²) >= 11 is 4.53. The lowest BCUT2D eigenvalue weighted by Crippen LogP contribution is -2.14. The molecule has 0 N–H and O–H groups in total. The van der Waals surface area contributed by atoms with Crippen LogP contribution in [0.2, 0.25) is 0 Å². The number of isothiocyanates is 1. The molecule has 0 atom stereocenters. The maximum absolute atomic E-state index is 12.2. The molecule has 0 fully saturated rings. The zero-order chi connectivity index (χ0) is 13.7. The second kappa shape index (κ2) is 5.96. The van der Waals surface area contributed by atoms with Crippen molar-refractivity contribution in [1.82, 2.24) is 0 Å². The van der Waals surface area contributed by atoms with Crippen molar-refractivity contribution in [3.8, 4) is 0 Å². The van der Waals surface area contributed by atoms with Crippen LogP contribution in [0, 0.1) is 0 Å². The highest BCUT2D eigenvalue weighted by molar-refractivity contribution is 7.78. The van der Waals surface area contributed by atoms with Gasteiger partial charge < -0.3 is 0 Å². The molecule has 4 heteroatoms. The third-order valence-corrected chi connectivity index (χ3v) is 2.65. The van der Waals surface area contributed by atoms with Crippen molar-refractivity contribution in [2.24, 2.45) is 4.99 Å². The monoisotopic (exact) mass is 267 g/mol. The molecule has 2 aromatic rings. The van der Waals surface area contributed by atoms with Crippen molar-refractivity contribution in [3.63, 3.8) is 0 Å². The largest absolute Gasteiger partial charge is 0.285 e. The second-order valence-electron chi connectivity index (χ2n) is 3.74. The SMILES string of the molecule is O=C(C(=O)c1ccccc1N=C=S)c1ccccc1. The number of thiocarbonyl (C=S) groups is 1. The molecule has 0 spiro atoms. The van der Waals surface area contributed by atoms with Gasteiger partial charge in [0, 0.05) is 5.56 Å². The Labute approximate surface area is 115 Å². The highest BCUT2D eigenvalue weighted by atomic mass is 32.1. The standard InChI is InChI=1S/C15H9NO2S/c17-14(11-6-2-1-3-7-11)15(18)12-8-4-5-9-13(12)16-10-19/h1-9H. The van der Waals surface area contributed by atoms with Crippen LogP contribution in [0.5, 0.6) is 0 Å². The van der Waals surface area contributed by atoms with Crippen LogP contribution >= 0.6 is 12.2 Å². The van der Waals surface area contributed by atoms with E-state index in [1.54, 1.807) is 54.6 Å². The van der Waals surface area contributed by atoms with E-state index in [4.69, 9.17) is 0 Å². The molecule has 0 saturated heterocycles. The zero-order valence-electron chi connectivity index (χ0n) is 9.87. The van der Waals surface area contributed by atoms with E-state index in [1.807, 2.05) is 0 Å². The average Bonchev–Trinajstić information content (AvgIpc) is 2.47. The van der Waals surface area contributed by atoms with Crippen molar-refractivity contribution >= 4 is 34.6 Å². The summed E-state index contributed by atoms with van der Waals surface area (Å²) in [4.78, 5) is 28.0. The minimum atomic E-state index is -0.601. The molecular formula is C15H9NO2S. The Morgan fingerprint density at radius 1 is 0.895 bits per heavy atom. The van der Waals surface area contributed by atoms with Crippen LogP contribution in [0.25, 0.3) is 0 Å². The summed E-state index contributed by atoms with van der Waals surface area (Å²) in [5, 5.41) is 2.20. The van der Waals surface area contributed by atoms with Gasteiger partial charge in [0.2, 0.25) is 11.6 Å². The number of Topliss-reactive ketones (excluding diaryl/α,β-unsaturated/α-hetero) is 2. The van der Waals surface area contributed by atoms with Gasteiger partial charge in [-0.25, -0.2) is 0 Å². The molecule has 0 bridgehead atoms. The summed E-state index contributed by atoms with van der Waals surface area (Å²) in [6, 6.07) is 15.0. The molecule has 0 saturated carbocycles. The van der Waals surface area contributed by atoms with Gasteiger partial charge in [-0.2, -0.15) is 4.99 Å². The number of hydrogen-bond donors (Lipinski definition) is 0. The first kappa shape index (κ1) is 13.0. The molecule has 0 amide bonds. The van der Waals surface area contributed by atoms with Crippen molar-refractivity contribution in [2.75, 3.05) is 0 Å². The summed E-state index contributed by atoms with van der Waals surface area (Å²) in [6.07, 6.45) is 0. The first-order chi connectivity index (χ1) is 9.24. The highest BCUT2D eigenvalue weighted by Gasteiger charge is 2.20. The summed E-state index contributed by atoms with van der Waals surface area (Å²) in [5.41, 5.74) is 0.939. The van der Waals surface area contributed by atoms with Crippen molar-refractivity contribution in [2.45, 2.75) is 0 Å². The van der Waals surface area contributed by atoms with Gasteiger partial charge in [-0.1, -0.05) is 42.5 Å². The molecular weight excluding hydrogens is 258 g/mol. The summed E-state index contributed by atoms with van der Waals surface area (Å²) in [7, 11) is 0. The zero-order valence-corrected chi connectivity index (χ0v) is 10.7. The molecule has 19 heavy (non-hydrogen) atoms. The van der Waals surface area contributed by atoms with E-state index >= 15 is 0 Å². The number of carbonyl (C=O) groups is 2. The maximum Gasteiger partial charge on any atom is 0.235 e. The molecule has 0 aromatic heterocycles. The molecule has 2 rings (SSSR count). The quantitative estimate of drug-likeness (QED) is 0.369. The Balaban J connectivity index is 2.40. The number of nitrogens with zero attached hydrogens (tertiary/aromatic N) is 1. The lowest BCUT2D eigenvalue weighted by molar-refractivity contribution is 0.0817. The molecule has 0 aliphatic heterocycles. The van der Waals surface area contributed by atoms with Gasteiger partial charge in [0.15, 0.2) is 0 Å². The highest BCUT2D eigenvalue weighted by Crippen LogP contribution is 2.20. The lowest BCUT2D eigenvalue weighted by atomic mass is 10.0. The van der Waals surface area contributed by atoms with Crippen LogP contribution in [0.15, 0.2) is 59.6 Å². The van der Waals surface area contributed by atoms with E-state index < -0.39 is 11.6 Å². The minimum Gasteiger partial charge on any atom is -0.285 e. The Kier molecular flexibility index (Phi) is 4.08. The number of aliphatic imine (C=N–C) groups is 1. The number of ketones is 2. The molecule has 0 aliphatic carbocycles. The number of rotatable bonds is 4. The van der Waals surface area contributed by atoms with Crippen LogP contribution in [0.1, 0.15) is 20.7 Å².